The van der Waals surface area contributed by atoms with E-state index in [1.165, 1.54) is 17.5 Å². The summed E-state index contributed by atoms with van der Waals surface area (Å²) in [5, 5.41) is 6.90. The van der Waals surface area contributed by atoms with E-state index in [-0.39, 0.29) is 30.2 Å². The maximum Gasteiger partial charge on any atom is 0.255 e. The van der Waals surface area contributed by atoms with Gasteiger partial charge in [0.05, 0.1) is 22.3 Å². The van der Waals surface area contributed by atoms with Gasteiger partial charge in [-0.2, -0.15) is 9.61 Å². The number of pyridine rings is 1. The summed E-state index contributed by atoms with van der Waals surface area (Å²) in [7, 11) is 0. The van der Waals surface area contributed by atoms with Crippen molar-refractivity contribution in [2.75, 3.05) is 6.54 Å². The lowest BCUT2D eigenvalue weighted by molar-refractivity contribution is 0.0897. The fourth-order valence-corrected chi connectivity index (χ4v) is 3.35. The van der Waals surface area contributed by atoms with Crippen LogP contribution in [0.1, 0.15) is 40.5 Å². The van der Waals surface area contributed by atoms with Crippen molar-refractivity contribution in [3.05, 3.63) is 64.4 Å². The Kier molecular flexibility index (Phi) is 6.73. The summed E-state index contributed by atoms with van der Waals surface area (Å²) in [4.78, 5) is 12.8. The van der Waals surface area contributed by atoms with E-state index in [0.717, 1.165) is 17.7 Å². The van der Waals surface area contributed by atoms with Gasteiger partial charge in [-0.05, 0) is 44.5 Å². The topological polar surface area (TPSA) is 81.7 Å². The molecule has 1 unspecified atom stereocenters. The first kappa shape index (κ1) is 23.5. The molecule has 1 atom stereocenters. The van der Waals surface area contributed by atoms with Crippen LogP contribution in [0.15, 0.2) is 30.3 Å². The molecular weight excluding hydrogens is 428 g/mol. The first-order chi connectivity index (χ1) is 15.0. The molecule has 0 aliphatic carbocycles. The highest BCUT2D eigenvalue weighted by Crippen LogP contribution is 2.25. The minimum Gasteiger partial charge on any atom is -0.473 e. The quantitative estimate of drug-likeness (QED) is 0.508. The second kappa shape index (κ2) is 9.15. The summed E-state index contributed by atoms with van der Waals surface area (Å²) in [6, 6.07) is 6.85. The van der Waals surface area contributed by atoms with Crippen molar-refractivity contribution in [2.24, 2.45) is 5.73 Å². The van der Waals surface area contributed by atoms with Crippen LogP contribution in [-0.4, -0.2) is 34.0 Å². The number of amides is 1. The number of nitrogens with one attached hydrogen (secondary N) is 1. The molecule has 2 aromatic heterocycles. The number of aryl methyl sites for hydroxylation is 2. The van der Waals surface area contributed by atoms with Crippen molar-refractivity contribution in [3.8, 4) is 5.88 Å². The number of rotatable bonds is 8. The molecule has 3 N–H and O–H groups in total. The smallest absolute Gasteiger partial charge is 0.255 e. The Hall–Kier alpha value is -3.14. The molecule has 0 saturated carbocycles. The molecule has 172 valence electrons. The van der Waals surface area contributed by atoms with Crippen LogP contribution in [-0.2, 0) is 6.61 Å². The summed E-state index contributed by atoms with van der Waals surface area (Å²) in [6.45, 7) is 4.27. The number of hydrogen-bond acceptors (Lipinski definition) is 4. The monoisotopic (exact) mass is 452 g/mol. The molecule has 1 aromatic carbocycles. The van der Waals surface area contributed by atoms with Gasteiger partial charge in [0.2, 0.25) is 12.3 Å². The Morgan fingerprint density at radius 2 is 1.91 bits per heavy atom. The van der Waals surface area contributed by atoms with Crippen LogP contribution in [0.5, 0.6) is 5.88 Å². The number of carbonyl (C=O) groups excluding carboxylic acids is 1. The highest BCUT2D eigenvalue weighted by molar-refractivity contribution is 6.02. The van der Waals surface area contributed by atoms with Crippen molar-refractivity contribution in [3.63, 3.8) is 0 Å². The third kappa shape index (κ3) is 5.18. The normalized spacial score (nSPS) is 13.4. The molecule has 0 aliphatic heterocycles. The van der Waals surface area contributed by atoms with Crippen molar-refractivity contribution in [1.29, 1.82) is 0 Å². The van der Waals surface area contributed by atoms with Crippen molar-refractivity contribution >= 4 is 11.4 Å². The lowest BCUT2D eigenvalue weighted by Crippen LogP contribution is -2.49. The largest absolute Gasteiger partial charge is 0.473 e. The molecule has 3 rings (SSSR count). The van der Waals surface area contributed by atoms with Gasteiger partial charge in [0.25, 0.3) is 5.91 Å². The van der Waals surface area contributed by atoms with Gasteiger partial charge in [-0.25, -0.2) is 17.6 Å². The molecule has 3 aromatic rings. The highest BCUT2D eigenvalue weighted by atomic mass is 19.3. The Bertz CT molecular complexity index is 1120. The van der Waals surface area contributed by atoms with E-state index in [4.69, 9.17) is 10.5 Å². The Balaban J connectivity index is 1.88. The molecule has 0 aliphatic rings. The van der Waals surface area contributed by atoms with E-state index < -0.39 is 35.9 Å². The number of hydrogen-bond donors (Lipinski definition) is 2. The van der Waals surface area contributed by atoms with Gasteiger partial charge < -0.3 is 15.8 Å². The summed E-state index contributed by atoms with van der Waals surface area (Å²) < 4.78 is 60.2. The van der Waals surface area contributed by atoms with Gasteiger partial charge in [0.15, 0.2) is 0 Å². The van der Waals surface area contributed by atoms with Crippen molar-refractivity contribution in [1.82, 2.24) is 14.9 Å². The number of aromatic nitrogens is 2. The van der Waals surface area contributed by atoms with Crippen molar-refractivity contribution < 1.29 is 27.1 Å². The van der Waals surface area contributed by atoms with E-state index in [2.05, 4.69) is 10.4 Å². The molecule has 10 heteroatoms. The third-order valence-corrected chi connectivity index (χ3v) is 4.95. The number of fused-ring (bicyclic) bond motifs is 1. The lowest BCUT2D eigenvalue weighted by atomic mass is 9.99. The van der Waals surface area contributed by atoms with E-state index in [1.54, 1.807) is 26.0 Å². The maximum atomic E-state index is 13.9. The molecule has 0 saturated heterocycles. The van der Waals surface area contributed by atoms with E-state index in [9.17, 15) is 22.4 Å². The zero-order chi connectivity index (χ0) is 23.6. The summed E-state index contributed by atoms with van der Waals surface area (Å²) in [6.07, 6.45) is -3.16. The number of carbonyl (C=O) groups is 1. The molecule has 0 radical (unpaired) electrons. The number of halogens is 4. The molecule has 2 heterocycles. The predicted molar refractivity (Wildman–Crippen MR) is 111 cm³/mol. The SMILES string of the molecule is Cc1cc(OCc2c(F)cccc2F)n2nc(C)c(C(=O)NCC(C)(N)CC(F)F)c2c1. The third-order valence-electron chi connectivity index (χ3n) is 4.95. The highest BCUT2D eigenvalue weighted by Gasteiger charge is 2.26. The molecule has 0 fully saturated rings. The summed E-state index contributed by atoms with van der Waals surface area (Å²) in [5.74, 6) is -1.82. The van der Waals surface area contributed by atoms with Gasteiger partial charge >= 0.3 is 0 Å². The minimum absolute atomic E-state index is 0.158. The van der Waals surface area contributed by atoms with Crippen LogP contribution in [0.2, 0.25) is 0 Å². The van der Waals surface area contributed by atoms with Gasteiger partial charge in [-0.3, -0.25) is 4.79 Å². The van der Waals surface area contributed by atoms with Crippen LogP contribution >= 0.6 is 0 Å². The van der Waals surface area contributed by atoms with Crippen LogP contribution in [0, 0.1) is 25.5 Å². The molecule has 1 amide bonds. The van der Waals surface area contributed by atoms with Gasteiger partial charge in [0, 0.05) is 24.6 Å². The first-order valence-electron chi connectivity index (χ1n) is 9.89. The number of nitrogens with two attached hydrogens (primary N) is 1. The second-order valence-electron chi connectivity index (χ2n) is 8.05. The number of alkyl halides is 2. The van der Waals surface area contributed by atoms with Gasteiger partial charge in [0.1, 0.15) is 18.2 Å². The molecule has 0 spiro atoms. The fraction of sp³-hybridized carbons (Fsp3) is 0.364. The minimum atomic E-state index is -2.60. The number of nitrogens with zero attached hydrogens (tertiary/aromatic N) is 2. The van der Waals surface area contributed by atoms with Gasteiger partial charge in [-0.1, -0.05) is 6.07 Å². The zero-order valence-corrected chi connectivity index (χ0v) is 17.9. The van der Waals surface area contributed by atoms with Crippen LogP contribution in [0.4, 0.5) is 17.6 Å². The van der Waals surface area contributed by atoms with Crippen molar-refractivity contribution in [2.45, 2.75) is 45.8 Å². The van der Waals surface area contributed by atoms with E-state index in [0.29, 0.717) is 11.2 Å². The zero-order valence-electron chi connectivity index (χ0n) is 17.9. The lowest BCUT2D eigenvalue weighted by Gasteiger charge is -2.24. The standard InChI is InChI=1S/C22H24F4N4O2/c1-12-7-17-20(21(31)28-11-22(3,27)9-18(25)26)13(2)29-30(17)19(8-12)32-10-14-15(23)5-4-6-16(14)24/h4-8,18H,9-11,27H2,1-3H3,(H,28,31). The Labute approximate surface area is 182 Å². The Morgan fingerprint density at radius 3 is 2.53 bits per heavy atom. The number of benzene rings is 1. The predicted octanol–water partition coefficient (Wildman–Crippen LogP) is 3.91. The van der Waals surface area contributed by atoms with Crippen LogP contribution in [0.25, 0.3) is 5.52 Å². The first-order valence-corrected chi connectivity index (χ1v) is 9.89. The summed E-state index contributed by atoms with van der Waals surface area (Å²) in [5.41, 5.74) is 6.03. The average molecular weight is 452 g/mol. The van der Waals surface area contributed by atoms with Gasteiger partial charge in [-0.15, -0.1) is 0 Å². The maximum absolute atomic E-state index is 13.9. The number of ether oxygens (including phenoxy) is 1. The molecule has 0 bridgehead atoms. The average Bonchev–Trinajstić information content (AvgIpc) is 3.00. The van der Waals surface area contributed by atoms with E-state index in [1.807, 2.05) is 0 Å². The Morgan fingerprint density at radius 1 is 1.25 bits per heavy atom. The van der Waals surface area contributed by atoms with E-state index >= 15 is 0 Å². The van der Waals surface area contributed by atoms with Crippen LogP contribution in [0.3, 0.4) is 0 Å². The molecular formula is C22H24F4N4O2. The fourth-order valence-electron chi connectivity index (χ4n) is 3.35. The molecule has 32 heavy (non-hydrogen) atoms. The summed E-state index contributed by atoms with van der Waals surface area (Å²) >= 11 is 0. The van der Waals surface area contributed by atoms with Crippen LogP contribution < -0.4 is 15.8 Å². The second-order valence-corrected chi connectivity index (χ2v) is 8.05. The molecule has 6 nitrogen and oxygen atoms in total.